The number of nitrogens with zero attached hydrogens (tertiary/aromatic N) is 1. The molecule has 3 saturated carbocycles. The lowest BCUT2D eigenvalue weighted by Gasteiger charge is -2.68. The predicted octanol–water partition coefficient (Wildman–Crippen LogP) is 6.81. The summed E-state index contributed by atoms with van der Waals surface area (Å²) >= 11 is 6.20. The SMILES string of the molecule is COO[C@]1(C)c2oncc2C[C@]2(C)C3=CC(=O)[C@@H]4[C@@H]5CC(C)(C)C[C@@H](C(=O)Cl)C5CC[C@@]4(C)[C@]3(C)CC[C@H]21. The van der Waals surface area contributed by atoms with E-state index in [-0.39, 0.29) is 62.3 Å². The highest BCUT2D eigenvalue weighted by atomic mass is 35.5. The fourth-order valence-electron chi connectivity index (χ4n) is 10.8. The molecule has 0 aromatic carbocycles. The van der Waals surface area contributed by atoms with Crippen LogP contribution in [-0.4, -0.2) is 23.3 Å². The van der Waals surface area contributed by atoms with Crippen molar-refractivity contribution in [2.75, 3.05) is 7.11 Å². The summed E-state index contributed by atoms with van der Waals surface area (Å²) in [6.07, 6.45) is 10.1. The van der Waals surface area contributed by atoms with Crippen molar-refractivity contribution in [3.63, 3.8) is 0 Å². The van der Waals surface area contributed by atoms with Crippen LogP contribution in [0.4, 0.5) is 0 Å². The first-order valence-corrected chi connectivity index (χ1v) is 14.7. The number of carbonyl (C=O) groups is 2. The molecule has 6 nitrogen and oxygen atoms in total. The third kappa shape index (κ3) is 3.29. The number of carbonyl (C=O) groups excluding carboxylic acids is 2. The molecule has 7 heteroatoms. The average Bonchev–Trinajstić information content (AvgIpc) is 3.28. The van der Waals surface area contributed by atoms with Crippen LogP contribution in [0.15, 0.2) is 22.4 Å². The Labute approximate surface area is 231 Å². The van der Waals surface area contributed by atoms with Gasteiger partial charge in [-0.1, -0.05) is 45.3 Å². The van der Waals surface area contributed by atoms with Crippen molar-refractivity contribution >= 4 is 22.6 Å². The molecule has 0 spiro atoms. The Morgan fingerprint density at radius 3 is 2.50 bits per heavy atom. The quantitative estimate of drug-likeness (QED) is 0.237. The molecule has 1 unspecified atom stereocenters. The summed E-state index contributed by atoms with van der Waals surface area (Å²) in [4.78, 5) is 38.3. The van der Waals surface area contributed by atoms with Crippen LogP contribution in [0.25, 0.3) is 0 Å². The number of allylic oxidation sites excluding steroid dienone is 2. The van der Waals surface area contributed by atoms with E-state index < -0.39 is 5.60 Å². The molecule has 1 heterocycles. The first-order chi connectivity index (χ1) is 17.7. The minimum absolute atomic E-state index is 0.0171. The zero-order valence-electron chi connectivity index (χ0n) is 23.9. The minimum atomic E-state index is -0.796. The third-order valence-electron chi connectivity index (χ3n) is 12.4. The van der Waals surface area contributed by atoms with Crippen molar-refractivity contribution in [2.24, 2.45) is 51.2 Å². The Kier molecular flexibility index (Phi) is 5.81. The summed E-state index contributed by atoms with van der Waals surface area (Å²) in [5.41, 5.74) is 0.818. The van der Waals surface area contributed by atoms with Gasteiger partial charge in [-0.3, -0.25) is 9.59 Å². The summed E-state index contributed by atoms with van der Waals surface area (Å²) in [6.45, 7) is 13.6. The van der Waals surface area contributed by atoms with Crippen molar-refractivity contribution in [3.05, 3.63) is 29.2 Å². The fourth-order valence-corrected chi connectivity index (χ4v) is 11.0. The lowest BCUT2D eigenvalue weighted by atomic mass is 9.35. The van der Waals surface area contributed by atoms with Gasteiger partial charge in [0.1, 0.15) is 0 Å². The average molecular weight is 544 g/mol. The molecule has 0 amide bonds. The molecular formula is C31H42ClNO5. The molecule has 0 N–H and O–H groups in total. The second-order valence-corrected chi connectivity index (χ2v) is 15.1. The van der Waals surface area contributed by atoms with Crippen molar-refractivity contribution in [1.82, 2.24) is 5.16 Å². The summed E-state index contributed by atoms with van der Waals surface area (Å²) in [7, 11) is 1.54. The van der Waals surface area contributed by atoms with Crippen LogP contribution in [0.5, 0.6) is 0 Å². The number of hydrogen-bond donors (Lipinski definition) is 0. The Morgan fingerprint density at radius 1 is 1.08 bits per heavy atom. The van der Waals surface area contributed by atoms with Gasteiger partial charge in [0.05, 0.1) is 13.3 Å². The molecule has 208 valence electrons. The van der Waals surface area contributed by atoms with Crippen molar-refractivity contribution < 1.29 is 23.9 Å². The van der Waals surface area contributed by atoms with E-state index in [9.17, 15) is 9.59 Å². The highest BCUT2D eigenvalue weighted by Gasteiger charge is 2.69. The first kappa shape index (κ1) is 26.7. The fraction of sp³-hybridized carbons (Fsp3) is 0.774. The number of halogens is 1. The van der Waals surface area contributed by atoms with Gasteiger partial charge in [0.2, 0.25) is 5.24 Å². The molecule has 1 aromatic rings. The lowest BCUT2D eigenvalue weighted by Crippen LogP contribution is -2.64. The van der Waals surface area contributed by atoms with Crippen LogP contribution < -0.4 is 0 Å². The number of fused-ring (bicyclic) bond motifs is 8. The van der Waals surface area contributed by atoms with E-state index >= 15 is 0 Å². The maximum atomic E-state index is 14.4. The highest BCUT2D eigenvalue weighted by Crippen LogP contribution is 2.73. The van der Waals surface area contributed by atoms with Crippen molar-refractivity contribution in [1.29, 1.82) is 0 Å². The van der Waals surface area contributed by atoms with Crippen LogP contribution in [0.3, 0.4) is 0 Å². The van der Waals surface area contributed by atoms with Gasteiger partial charge in [-0.15, -0.1) is 0 Å². The normalized spacial score (nSPS) is 47.1. The van der Waals surface area contributed by atoms with Crippen LogP contribution in [0.1, 0.15) is 91.4 Å². The van der Waals surface area contributed by atoms with E-state index in [1.54, 1.807) is 6.20 Å². The summed E-state index contributed by atoms with van der Waals surface area (Å²) in [5, 5.41) is 3.91. The molecule has 1 aromatic heterocycles. The van der Waals surface area contributed by atoms with Crippen LogP contribution in [0.2, 0.25) is 0 Å². The Bertz CT molecular complexity index is 1220. The van der Waals surface area contributed by atoms with Gasteiger partial charge in [0.25, 0.3) is 0 Å². The summed E-state index contributed by atoms with van der Waals surface area (Å²) in [5.74, 6) is 1.16. The monoisotopic (exact) mass is 543 g/mol. The van der Waals surface area contributed by atoms with Crippen molar-refractivity contribution in [2.45, 2.75) is 92.1 Å². The lowest BCUT2D eigenvalue weighted by molar-refractivity contribution is -0.375. The molecule has 6 rings (SSSR count). The van der Waals surface area contributed by atoms with Gasteiger partial charge in [0, 0.05) is 23.3 Å². The topological polar surface area (TPSA) is 78.6 Å². The number of aromatic nitrogens is 1. The van der Waals surface area contributed by atoms with E-state index in [1.165, 1.54) is 12.7 Å². The number of ketones is 1. The van der Waals surface area contributed by atoms with Gasteiger partial charge in [-0.2, -0.15) is 0 Å². The van der Waals surface area contributed by atoms with E-state index in [2.05, 4.69) is 39.8 Å². The Balaban J connectivity index is 1.48. The molecule has 0 aliphatic heterocycles. The van der Waals surface area contributed by atoms with Crippen LogP contribution >= 0.6 is 11.6 Å². The van der Waals surface area contributed by atoms with E-state index in [0.717, 1.165) is 56.3 Å². The Morgan fingerprint density at radius 2 is 1.82 bits per heavy atom. The van der Waals surface area contributed by atoms with E-state index in [1.807, 2.05) is 13.0 Å². The number of rotatable bonds is 3. The third-order valence-corrected chi connectivity index (χ3v) is 12.7. The molecule has 0 saturated heterocycles. The molecule has 0 radical (unpaired) electrons. The van der Waals surface area contributed by atoms with E-state index in [0.29, 0.717) is 0 Å². The first-order valence-electron chi connectivity index (χ1n) is 14.3. The minimum Gasteiger partial charge on any atom is -0.358 e. The number of hydrogen-bond acceptors (Lipinski definition) is 6. The van der Waals surface area contributed by atoms with Gasteiger partial charge >= 0.3 is 0 Å². The smallest absolute Gasteiger partial charge is 0.225 e. The maximum absolute atomic E-state index is 14.4. The Hall–Kier alpha value is -1.50. The van der Waals surface area contributed by atoms with Gasteiger partial charge in [-0.05, 0) is 103 Å². The van der Waals surface area contributed by atoms with Gasteiger partial charge < -0.3 is 4.52 Å². The highest BCUT2D eigenvalue weighted by molar-refractivity contribution is 6.64. The van der Waals surface area contributed by atoms with Crippen molar-refractivity contribution in [3.8, 4) is 0 Å². The van der Waals surface area contributed by atoms with Crippen LogP contribution in [-0.2, 0) is 31.4 Å². The molecule has 5 aliphatic rings. The molecule has 0 bridgehead atoms. The second-order valence-electron chi connectivity index (χ2n) is 14.8. The van der Waals surface area contributed by atoms with E-state index in [4.69, 9.17) is 25.9 Å². The molecule has 9 atom stereocenters. The molecule has 3 fully saturated rings. The summed E-state index contributed by atoms with van der Waals surface area (Å²) in [6, 6.07) is 0. The predicted molar refractivity (Wildman–Crippen MR) is 143 cm³/mol. The molecular weight excluding hydrogens is 502 g/mol. The molecule has 5 aliphatic carbocycles. The summed E-state index contributed by atoms with van der Waals surface area (Å²) < 4.78 is 5.73. The van der Waals surface area contributed by atoms with Gasteiger partial charge in [0.15, 0.2) is 17.1 Å². The largest absolute Gasteiger partial charge is 0.358 e. The van der Waals surface area contributed by atoms with Crippen LogP contribution in [0, 0.1) is 51.2 Å². The second kappa shape index (κ2) is 8.27. The zero-order valence-corrected chi connectivity index (χ0v) is 24.6. The molecule has 38 heavy (non-hydrogen) atoms. The maximum Gasteiger partial charge on any atom is 0.225 e. The standard InChI is InChI=1S/C31H42ClNO5/c1-27(2)14-19-18(20(15-27)26(32)35)8-10-30(5)24(19)21(34)12-23-28(3)13-17-16-33-37-25(17)31(6,38-36-7)22(28)9-11-29(23,30)4/h12,16,18-20,22,24H,8-11,13-15H2,1-7H3/t18?,19-,20-,22-,24+,28+,29-,30-,31+/m1/s1. The van der Waals surface area contributed by atoms with Gasteiger partial charge in [-0.25, -0.2) is 9.78 Å². The zero-order chi connectivity index (χ0) is 27.5.